The van der Waals surface area contributed by atoms with Crippen molar-refractivity contribution in [3.63, 3.8) is 0 Å². The molecule has 0 unspecified atom stereocenters. The molecule has 3 aromatic rings. The lowest BCUT2D eigenvalue weighted by Crippen LogP contribution is -2.13. The van der Waals surface area contributed by atoms with Gasteiger partial charge in [0.1, 0.15) is 23.3 Å². The van der Waals surface area contributed by atoms with E-state index in [-0.39, 0.29) is 22.2 Å². The van der Waals surface area contributed by atoms with E-state index >= 15 is 0 Å². The van der Waals surface area contributed by atoms with E-state index in [1.54, 1.807) is 18.2 Å². The van der Waals surface area contributed by atoms with Crippen molar-refractivity contribution in [3.05, 3.63) is 52.2 Å². The number of rotatable bonds is 3. The minimum Gasteiger partial charge on any atom is -0.382 e. The first kappa shape index (κ1) is 15.0. The first-order valence-electron chi connectivity index (χ1n) is 6.76. The maximum absolute atomic E-state index is 12.1. The van der Waals surface area contributed by atoms with E-state index in [2.05, 4.69) is 19.9 Å². The third kappa shape index (κ3) is 3.00. The fourth-order valence-electron chi connectivity index (χ4n) is 2.03. The summed E-state index contributed by atoms with van der Waals surface area (Å²) in [6.07, 6.45) is 1.38. The molecule has 0 aliphatic heterocycles. The van der Waals surface area contributed by atoms with Gasteiger partial charge in [0.05, 0.1) is 22.3 Å². The Labute approximate surface area is 135 Å². The summed E-state index contributed by atoms with van der Waals surface area (Å²) in [5.74, 6) is 0.669. The number of nitrogen functional groups attached to an aromatic ring is 1. The fourth-order valence-corrected chi connectivity index (χ4v) is 2.84. The van der Waals surface area contributed by atoms with Crippen molar-refractivity contribution in [3.8, 4) is 6.07 Å². The van der Waals surface area contributed by atoms with Crippen LogP contribution in [-0.4, -0.2) is 19.9 Å². The Morgan fingerprint density at radius 2 is 2.13 bits per heavy atom. The number of nitriles is 1. The quantitative estimate of drug-likeness (QED) is 0.558. The van der Waals surface area contributed by atoms with E-state index in [0.29, 0.717) is 21.9 Å². The lowest BCUT2D eigenvalue weighted by molar-refractivity contribution is 0.901. The van der Waals surface area contributed by atoms with Crippen molar-refractivity contribution in [2.24, 2.45) is 0 Å². The molecular weight excluding hydrogens is 312 g/mol. The van der Waals surface area contributed by atoms with Crippen molar-refractivity contribution in [1.82, 2.24) is 19.9 Å². The van der Waals surface area contributed by atoms with Gasteiger partial charge in [-0.15, -0.1) is 0 Å². The average Bonchev–Trinajstić information content (AvgIpc) is 2.55. The molecule has 0 radical (unpaired) electrons. The average molecular weight is 324 g/mol. The molecule has 0 saturated heterocycles. The third-order valence-electron chi connectivity index (χ3n) is 3.22. The number of nitrogens with two attached hydrogens (primary N) is 1. The van der Waals surface area contributed by atoms with Crippen LogP contribution in [0.15, 0.2) is 40.4 Å². The number of thioether (sulfide) groups is 1. The van der Waals surface area contributed by atoms with Crippen molar-refractivity contribution in [1.29, 1.82) is 5.26 Å². The number of fused-ring (bicyclic) bond motifs is 1. The number of aromatic nitrogens is 4. The van der Waals surface area contributed by atoms with Crippen LogP contribution in [0.2, 0.25) is 0 Å². The summed E-state index contributed by atoms with van der Waals surface area (Å²) in [6, 6.07) is 9.07. The SMILES string of the molecule is C[C@H](Sc1ncc(C#N)c(N)n1)c1nc2ccccc2c(=O)[nH]1. The molecule has 2 aromatic heterocycles. The highest BCUT2D eigenvalue weighted by atomic mass is 32.2. The summed E-state index contributed by atoms with van der Waals surface area (Å²) in [7, 11) is 0. The van der Waals surface area contributed by atoms with Gasteiger partial charge in [0.15, 0.2) is 5.16 Å². The molecule has 114 valence electrons. The maximum Gasteiger partial charge on any atom is 0.258 e. The summed E-state index contributed by atoms with van der Waals surface area (Å²) in [4.78, 5) is 27.5. The first-order chi connectivity index (χ1) is 11.1. The second-order valence-corrected chi connectivity index (χ2v) is 6.10. The summed E-state index contributed by atoms with van der Waals surface area (Å²) in [5, 5.41) is 9.62. The zero-order chi connectivity index (χ0) is 16.4. The molecule has 8 heteroatoms. The number of benzene rings is 1. The van der Waals surface area contributed by atoms with Crippen LogP contribution in [0.5, 0.6) is 0 Å². The van der Waals surface area contributed by atoms with Gasteiger partial charge in [-0.2, -0.15) is 5.26 Å². The molecule has 3 N–H and O–H groups in total. The van der Waals surface area contributed by atoms with E-state index < -0.39 is 0 Å². The van der Waals surface area contributed by atoms with Crippen LogP contribution in [0.1, 0.15) is 23.6 Å². The second-order valence-electron chi connectivity index (χ2n) is 4.79. The molecule has 3 rings (SSSR count). The Kier molecular flexibility index (Phi) is 3.95. The largest absolute Gasteiger partial charge is 0.382 e. The van der Waals surface area contributed by atoms with Crippen LogP contribution < -0.4 is 11.3 Å². The summed E-state index contributed by atoms with van der Waals surface area (Å²) in [5.41, 5.74) is 6.38. The molecule has 0 fully saturated rings. The maximum atomic E-state index is 12.1. The Morgan fingerprint density at radius 3 is 2.87 bits per heavy atom. The van der Waals surface area contributed by atoms with Crippen molar-refractivity contribution in [2.45, 2.75) is 17.3 Å². The molecule has 1 aromatic carbocycles. The monoisotopic (exact) mass is 324 g/mol. The van der Waals surface area contributed by atoms with Gasteiger partial charge in [-0.05, 0) is 19.1 Å². The zero-order valence-corrected chi connectivity index (χ0v) is 13.0. The molecule has 7 nitrogen and oxygen atoms in total. The van der Waals surface area contributed by atoms with Crippen LogP contribution in [-0.2, 0) is 0 Å². The first-order valence-corrected chi connectivity index (χ1v) is 7.64. The van der Waals surface area contributed by atoms with Crippen molar-refractivity contribution < 1.29 is 0 Å². The predicted molar refractivity (Wildman–Crippen MR) is 87.8 cm³/mol. The van der Waals surface area contributed by atoms with Crippen molar-refractivity contribution in [2.75, 3.05) is 5.73 Å². The van der Waals surface area contributed by atoms with E-state index in [0.717, 1.165) is 0 Å². The topological polar surface area (TPSA) is 121 Å². The number of aromatic amines is 1. The van der Waals surface area contributed by atoms with Crippen LogP contribution in [0.4, 0.5) is 5.82 Å². The van der Waals surface area contributed by atoms with Gasteiger partial charge in [0, 0.05) is 0 Å². The Hall–Kier alpha value is -2.92. The minimum atomic E-state index is -0.182. The van der Waals surface area contributed by atoms with Gasteiger partial charge in [-0.1, -0.05) is 23.9 Å². The van der Waals surface area contributed by atoms with E-state index in [4.69, 9.17) is 11.0 Å². The standard InChI is InChI=1S/C15H12N6OS/c1-8(23-15-18-7-9(6-16)12(17)20-15)13-19-11-5-3-2-4-10(11)14(22)21-13/h2-5,7-8H,1H3,(H2,17,18,20)(H,19,21,22)/t8-/m0/s1. The highest BCUT2D eigenvalue weighted by Crippen LogP contribution is 2.31. The number of hydrogen-bond acceptors (Lipinski definition) is 7. The smallest absolute Gasteiger partial charge is 0.258 e. The lowest BCUT2D eigenvalue weighted by Gasteiger charge is -2.10. The Bertz CT molecular complexity index is 978. The number of nitrogens with zero attached hydrogens (tertiary/aromatic N) is 4. The number of hydrogen-bond donors (Lipinski definition) is 2. The van der Waals surface area contributed by atoms with Gasteiger partial charge >= 0.3 is 0 Å². The molecule has 0 bridgehead atoms. The number of anilines is 1. The van der Waals surface area contributed by atoms with Crippen LogP contribution in [0.25, 0.3) is 10.9 Å². The normalized spacial score (nSPS) is 12.0. The molecule has 0 amide bonds. The Balaban J connectivity index is 1.92. The van der Waals surface area contributed by atoms with Gasteiger partial charge in [-0.3, -0.25) is 4.79 Å². The summed E-state index contributed by atoms with van der Waals surface area (Å²) < 4.78 is 0. The molecule has 0 saturated carbocycles. The van der Waals surface area contributed by atoms with Gasteiger partial charge in [-0.25, -0.2) is 15.0 Å². The molecule has 1 atom stereocenters. The molecule has 0 aliphatic rings. The number of nitrogens with one attached hydrogen (secondary N) is 1. The molecule has 2 heterocycles. The van der Waals surface area contributed by atoms with Crippen molar-refractivity contribution >= 4 is 28.5 Å². The van der Waals surface area contributed by atoms with Gasteiger partial charge in [0.25, 0.3) is 5.56 Å². The minimum absolute atomic E-state index is 0.136. The molecule has 23 heavy (non-hydrogen) atoms. The predicted octanol–water partition coefficient (Wildman–Crippen LogP) is 2.02. The third-order valence-corrected chi connectivity index (χ3v) is 4.20. The van der Waals surface area contributed by atoms with E-state index in [1.165, 1.54) is 18.0 Å². The molecular formula is C15H12N6OS. The van der Waals surface area contributed by atoms with Gasteiger partial charge < -0.3 is 10.7 Å². The highest BCUT2D eigenvalue weighted by Gasteiger charge is 2.14. The number of H-pyrrole nitrogens is 1. The van der Waals surface area contributed by atoms with E-state index in [1.807, 2.05) is 19.1 Å². The summed E-state index contributed by atoms with van der Waals surface area (Å²) in [6.45, 7) is 1.88. The lowest BCUT2D eigenvalue weighted by atomic mass is 10.2. The fraction of sp³-hybridized carbons (Fsp3) is 0.133. The zero-order valence-electron chi connectivity index (χ0n) is 12.1. The van der Waals surface area contributed by atoms with Crippen LogP contribution >= 0.6 is 11.8 Å². The van der Waals surface area contributed by atoms with E-state index in [9.17, 15) is 4.79 Å². The van der Waals surface area contributed by atoms with Gasteiger partial charge in [0.2, 0.25) is 0 Å². The molecule has 0 aliphatic carbocycles. The van der Waals surface area contributed by atoms with Crippen LogP contribution in [0, 0.1) is 11.3 Å². The summed E-state index contributed by atoms with van der Waals surface area (Å²) >= 11 is 1.30. The second kappa shape index (κ2) is 6.06. The Morgan fingerprint density at radius 1 is 1.35 bits per heavy atom. The molecule has 0 spiro atoms. The highest BCUT2D eigenvalue weighted by molar-refractivity contribution is 7.99. The van der Waals surface area contributed by atoms with Crippen LogP contribution in [0.3, 0.4) is 0 Å². The number of para-hydroxylation sites is 1.